The number of hydrogen-bond donors (Lipinski definition) is 1. The first-order valence-corrected chi connectivity index (χ1v) is 6.36. The fourth-order valence-corrected chi connectivity index (χ4v) is 2.23. The van der Waals surface area contributed by atoms with E-state index in [0.29, 0.717) is 6.04 Å². The summed E-state index contributed by atoms with van der Waals surface area (Å²) in [4.78, 5) is 2.38. The fourth-order valence-electron chi connectivity index (χ4n) is 2.23. The number of nitrogens with zero attached hydrogens (tertiary/aromatic N) is 1. The van der Waals surface area contributed by atoms with E-state index in [9.17, 15) is 5.11 Å². The van der Waals surface area contributed by atoms with Crippen molar-refractivity contribution >= 4 is 0 Å². The number of methoxy groups -OCH3 is 1. The second-order valence-electron chi connectivity index (χ2n) is 5.09. The van der Waals surface area contributed by atoms with Gasteiger partial charge in [0.25, 0.3) is 0 Å². The Bertz CT molecular complexity index is 175. The van der Waals surface area contributed by atoms with Crippen LogP contribution in [-0.4, -0.2) is 49.5 Å². The van der Waals surface area contributed by atoms with Crippen LogP contribution in [0.15, 0.2) is 0 Å². The SMILES string of the molecule is CCCC(C)(CO)CN(CC)C(C)COC. The molecule has 0 aromatic heterocycles. The van der Waals surface area contributed by atoms with Crippen LogP contribution < -0.4 is 0 Å². The molecule has 0 amide bonds. The Hall–Kier alpha value is -0.120. The first-order valence-electron chi connectivity index (χ1n) is 6.36. The van der Waals surface area contributed by atoms with Crippen LogP contribution in [0.5, 0.6) is 0 Å². The smallest absolute Gasteiger partial charge is 0.0615 e. The van der Waals surface area contributed by atoms with Crippen molar-refractivity contribution in [2.45, 2.75) is 46.6 Å². The summed E-state index contributed by atoms with van der Waals surface area (Å²) in [7, 11) is 1.74. The van der Waals surface area contributed by atoms with Gasteiger partial charge in [-0.25, -0.2) is 0 Å². The summed E-state index contributed by atoms with van der Waals surface area (Å²) in [5, 5.41) is 9.51. The topological polar surface area (TPSA) is 32.7 Å². The molecule has 0 fully saturated rings. The third kappa shape index (κ3) is 5.28. The van der Waals surface area contributed by atoms with Crippen LogP contribution in [-0.2, 0) is 4.74 Å². The average Bonchev–Trinajstić information content (AvgIpc) is 2.26. The van der Waals surface area contributed by atoms with Crippen molar-refractivity contribution in [1.29, 1.82) is 0 Å². The first-order chi connectivity index (χ1) is 7.52. The fraction of sp³-hybridized carbons (Fsp3) is 1.00. The van der Waals surface area contributed by atoms with Crippen molar-refractivity contribution in [1.82, 2.24) is 4.90 Å². The third-order valence-corrected chi connectivity index (χ3v) is 3.26. The maximum absolute atomic E-state index is 9.51. The minimum Gasteiger partial charge on any atom is -0.396 e. The summed E-state index contributed by atoms with van der Waals surface area (Å²) in [6.45, 7) is 11.6. The Morgan fingerprint density at radius 2 is 2.00 bits per heavy atom. The lowest BCUT2D eigenvalue weighted by Gasteiger charge is -2.36. The Morgan fingerprint density at radius 3 is 2.38 bits per heavy atom. The van der Waals surface area contributed by atoms with Crippen LogP contribution in [0.4, 0.5) is 0 Å². The van der Waals surface area contributed by atoms with E-state index in [0.717, 1.165) is 32.5 Å². The predicted molar refractivity (Wildman–Crippen MR) is 68.7 cm³/mol. The lowest BCUT2D eigenvalue weighted by Crippen LogP contribution is -2.44. The molecule has 2 atom stereocenters. The standard InChI is InChI=1S/C13H29NO2/c1-6-8-13(4,11-15)10-14(7-2)12(3)9-16-5/h12,15H,6-11H2,1-5H3. The normalized spacial score (nSPS) is 17.4. The molecule has 98 valence electrons. The molecule has 0 radical (unpaired) electrons. The number of likely N-dealkylation sites (N-methyl/N-ethyl adjacent to an activating group) is 1. The number of hydrogen-bond acceptors (Lipinski definition) is 3. The van der Waals surface area contributed by atoms with Gasteiger partial charge in [0.05, 0.1) is 6.61 Å². The second kappa shape index (κ2) is 8.04. The van der Waals surface area contributed by atoms with Gasteiger partial charge >= 0.3 is 0 Å². The molecular weight excluding hydrogens is 202 g/mol. The van der Waals surface area contributed by atoms with E-state index < -0.39 is 0 Å². The van der Waals surface area contributed by atoms with Crippen molar-refractivity contribution in [3.05, 3.63) is 0 Å². The number of ether oxygens (including phenoxy) is 1. The van der Waals surface area contributed by atoms with Crippen LogP contribution in [0.1, 0.15) is 40.5 Å². The van der Waals surface area contributed by atoms with E-state index in [4.69, 9.17) is 4.74 Å². The van der Waals surface area contributed by atoms with E-state index in [2.05, 4.69) is 32.6 Å². The van der Waals surface area contributed by atoms with E-state index >= 15 is 0 Å². The van der Waals surface area contributed by atoms with Crippen molar-refractivity contribution in [2.24, 2.45) is 5.41 Å². The molecule has 0 rings (SSSR count). The van der Waals surface area contributed by atoms with Gasteiger partial charge in [0.2, 0.25) is 0 Å². The molecule has 0 bridgehead atoms. The molecule has 3 nitrogen and oxygen atoms in total. The van der Waals surface area contributed by atoms with E-state index in [1.807, 2.05) is 0 Å². The zero-order valence-corrected chi connectivity index (χ0v) is 11.6. The van der Waals surface area contributed by atoms with Gasteiger partial charge in [0, 0.05) is 31.7 Å². The average molecular weight is 231 g/mol. The van der Waals surface area contributed by atoms with Gasteiger partial charge in [0.1, 0.15) is 0 Å². The monoisotopic (exact) mass is 231 g/mol. The highest BCUT2D eigenvalue weighted by Crippen LogP contribution is 2.24. The molecule has 0 aliphatic rings. The highest BCUT2D eigenvalue weighted by molar-refractivity contribution is 4.79. The third-order valence-electron chi connectivity index (χ3n) is 3.26. The number of rotatable bonds is 9. The van der Waals surface area contributed by atoms with Crippen LogP contribution in [0.3, 0.4) is 0 Å². The van der Waals surface area contributed by atoms with Gasteiger partial charge in [-0.05, 0) is 19.9 Å². The summed E-state index contributed by atoms with van der Waals surface area (Å²) >= 11 is 0. The second-order valence-corrected chi connectivity index (χ2v) is 5.09. The Labute approximate surface area is 101 Å². The molecule has 0 saturated heterocycles. The molecule has 0 aromatic carbocycles. The molecule has 0 aliphatic heterocycles. The maximum Gasteiger partial charge on any atom is 0.0615 e. The van der Waals surface area contributed by atoms with Crippen LogP contribution in [0.25, 0.3) is 0 Å². The summed E-state index contributed by atoms with van der Waals surface area (Å²) in [6, 6.07) is 0.415. The highest BCUT2D eigenvalue weighted by atomic mass is 16.5. The molecular formula is C13H29NO2. The minimum absolute atomic E-state index is 0.0206. The zero-order chi connectivity index (χ0) is 12.6. The van der Waals surface area contributed by atoms with Gasteiger partial charge in [0.15, 0.2) is 0 Å². The zero-order valence-electron chi connectivity index (χ0n) is 11.6. The molecule has 0 spiro atoms. The number of aliphatic hydroxyl groups is 1. The van der Waals surface area contributed by atoms with E-state index in [1.54, 1.807) is 7.11 Å². The molecule has 0 saturated carbocycles. The predicted octanol–water partition coefficient (Wildman–Crippen LogP) is 2.14. The van der Waals surface area contributed by atoms with Crippen molar-refractivity contribution < 1.29 is 9.84 Å². The molecule has 0 aliphatic carbocycles. The first kappa shape index (κ1) is 15.9. The summed E-state index contributed by atoms with van der Waals surface area (Å²) in [5.41, 5.74) is 0.0206. The van der Waals surface area contributed by atoms with Gasteiger partial charge in [-0.2, -0.15) is 0 Å². The molecule has 2 unspecified atom stereocenters. The lowest BCUT2D eigenvalue weighted by molar-refractivity contribution is 0.0398. The quantitative estimate of drug-likeness (QED) is 0.660. The maximum atomic E-state index is 9.51. The summed E-state index contributed by atoms with van der Waals surface area (Å²) in [6.07, 6.45) is 2.19. The molecule has 3 heteroatoms. The lowest BCUT2D eigenvalue weighted by atomic mass is 9.85. The minimum atomic E-state index is 0.0206. The van der Waals surface area contributed by atoms with Crippen molar-refractivity contribution in [3.63, 3.8) is 0 Å². The van der Waals surface area contributed by atoms with E-state index in [1.165, 1.54) is 0 Å². The van der Waals surface area contributed by atoms with Crippen LogP contribution in [0, 0.1) is 5.41 Å². The highest BCUT2D eigenvalue weighted by Gasteiger charge is 2.27. The molecule has 0 heterocycles. The molecule has 0 aromatic rings. The Morgan fingerprint density at radius 1 is 1.38 bits per heavy atom. The molecule has 16 heavy (non-hydrogen) atoms. The van der Waals surface area contributed by atoms with Gasteiger partial charge in [-0.3, -0.25) is 4.90 Å². The Balaban J connectivity index is 4.37. The van der Waals surface area contributed by atoms with Crippen LogP contribution >= 0.6 is 0 Å². The summed E-state index contributed by atoms with van der Waals surface area (Å²) in [5.74, 6) is 0. The van der Waals surface area contributed by atoms with Gasteiger partial charge in [-0.15, -0.1) is 0 Å². The van der Waals surface area contributed by atoms with Crippen molar-refractivity contribution in [3.8, 4) is 0 Å². The number of aliphatic hydroxyl groups excluding tert-OH is 1. The van der Waals surface area contributed by atoms with E-state index in [-0.39, 0.29) is 12.0 Å². The van der Waals surface area contributed by atoms with Crippen molar-refractivity contribution in [2.75, 3.05) is 33.4 Å². The molecule has 1 N–H and O–H groups in total. The largest absolute Gasteiger partial charge is 0.396 e. The van der Waals surface area contributed by atoms with Crippen LogP contribution in [0.2, 0.25) is 0 Å². The van der Waals surface area contributed by atoms with Gasteiger partial charge < -0.3 is 9.84 Å². The Kier molecular flexibility index (Phi) is 7.98. The summed E-state index contributed by atoms with van der Waals surface area (Å²) < 4.78 is 5.19. The van der Waals surface area contributed by atoms with Gasteiger partial charge in [-0.1, -0.05) is 27.2 Å².